The van der Waals surface area contributed by atoms with Crippen molar-refractivity contribution in [3.8, 4) is 11.3 Å². The van der Waals surface area contributed by atoms with Crippen LogP contribution in [0.5, 0.6) is 0 Å². The highest BCUT2D eigenvalue weighted by atomic mass is 35.5. The fourth-order valence-corrected chi connectivity index (χ4v) is 3.61. The minimum absolute atomic E-state index is 0.0497. The maximum Gasteiger partial charge on any atom is 0.233 e. The molecular formula is C20H19ClN2OS. The van der Waals surface area contributed by atoms with Gasteiger partial charge in [0.1, 0.15) is 0 Å². The highest BCUT2D eigenvalue weighted by Gasteiger charge is 2.25. The minimum atomic E-state index is -0.249. The van der Waals surface area contributed by atoms with Gasteiger partial charge in [-0.2, -0.15) is 0 Å². The average molecular weight is 371 g/mol. The van der Waals surface area contributed by atoms with Crippen molar-refractivity contribution in [1.82, 2.24) is 4.98 Å². The fourth-order valence-electron chi connectivity index (χ4n) is 2.76. The molecular weight excluding hydrogens is 352 g/mol. The van der Waals surface area contributed by atoms with Gasteiger partial charge in [-0.05, 0) is 23.6 Å². The number of thiazole rings is 1. The molecule has 0 saturated heterocycles. The number of benzene rings is 2. The Labute approximate surface area is 156 Å². The van der Waals surface area contributed by atoms with Gasteiger partial charge in [0.15, 0.2) is 5.13 Å². The first-order chi connectivity index (χ1) is 12.0. The Morgan fingerprint density at radius 2 is 1.76 bits per heavy atom. The molecule has 1 N–H and O–H groups in total. The van der Waals surface area contributed by atoms with E-state index >= 15 is 0 Å². The standard InChI is InChI=1S/C20H19ClN2OS/c1-13(2)18(15-8-10-16(21)11-9-15)19(24)23-20-22-17(12-25-20)14-6-4-3-5-7-14/h3-13,18H,1-2H3,(H,22,23,24)/t18-/m1/s1. The quantitative estimate of drug-likeness (QED) is 0.612. The lowest BCUT2D eigenvalue weighted by molar-refractivity contribution is -0.118. The maximum absolute atomic E-state index is 12.8. The fraction of sp³-hybridized carbons (Fsp3) is 0.200. The Hall–Kier alpha value is -2.17. The molecule has 0 fully saturated rings. The lowest BCUT2D eigenvalue weighted by Gasteiger charge is -2.20. The number of nitrogens with one attached hydrogen (secondary N) is 1. The van der Waals surface area contributed by atoms with Crippen molar-refractivity contribution in [1.29, 1.82) is 0 Å². The van der Waals surface area contributed by atoms with Crippen molar-refractivity contribution in [3.63, 3.8) is 0 Å². The summed E-state index contributed by atoms with van der Waals surface area (Å²) >= 11 is 7.39. The first-order valence-corrected chi connectivity index (χ1v) is 9.37. The Morgan fingerprint density at radius 1 is 1.08 bits per heavy atom. The third-order valence-corrected chi connectivity index (χ3v) is 4.99. The second-order valence-electron chi connectivity index (χ2n) is 6.17. The highest BCUT2D eigenvalue weighted by Crippen LogP contribution is 2.29. The molecule has 1 atom stereocenters. The summed E-state index contributed by atoms with van der Waals surface area (Å²) < 4.78 is 0. The predicted molar refractivity (Wildman–Crippen MR) is 105 cm³/mol. The maximum atomic E-state index is 12.8. The molecule has 3 rings (SSSR count). The Morgan fingerprint density at radius 3 is 2.40 bits per heavy atom. The lowest BCUT2D eigenvalue weighted by atomic mass is 9.88. The van der Waals surface area contributed by atoms with Crippen LogP contribution in [0.4, 0.5) is 5.13 Å². The number of nitrogens with zero attached hydrogens (tertiary/aromatic N) is 1. The molecule has 0 bridgehead atoms. The molecule has 128 valence electrons. The average Bonchev–Trinajstić information content (AvgIpc) is 3.06. The van der Waals surface area contributed by atoms with E-state index in [1.807, 2.05) is 73.8 Å². The zero-order valence-electron chi connectivity index (χ0n) is 14.1. The number of rotatable bonds is 5. The summed E-state index contributed by atoms with van der Waals surface area (Å²) in [6.45, 7) is 4.08. The monoisotopic (exact) mass is 370 g/mol. The van der Waals surface area contributed by atoms with Crippen LogP contribution in [0.15, 0.2) is 60.0 Å². The van der Waals surface area contributed by atoms with E-state index in [-0.39, 0.29) is 17.7 Å². The SMILES string of the molecule is CC(C)[C@@H](C(=O)Nc1nc(-c2ccccc2)cs1)c1ccc(Cl)cc1. The number of hydrogen-bond donors (Lipinski definition) is 1. The summed E-state index contributed by atoms with van der Waals surface area (Å²) in [4.78, 5) is 17.3. The smallest absolute Gasteiger partial charge is 0.233 e. The molecule has 1 amide bonds. The molecule has 0 unspecified atom stereocenters. The second-order valence-corrected chi connectivity index (χ2v) is 7.46. The van der Waals surface area contributed by atoms with Crippen LogP contribution in [0.1, 0.15) is 25.3 Å². The third-order valence-electron chi connectivity index (χ3n) is 3.98. The van der Waals surface area contributed by atoms with Gasteiger partial charge in [-0.3, -0.25) is 4.79 Å². The molecule has 0 saturated carbocycles. The summed E-state index contributed by atoms with van der Waals surface area (Å²) in [5, 5.41) is 6.20. The molecule has 0 spiro atoms. The number of carbonyl (C=O) groups is 1. The second kappa shape index (κ2) is 7.81. The number of amides is 1. The summed E-state index contributed by atoms with van der Waals surface area (Å²) in [5.41, 5.74) is 2.86. The van der Waals surface area contributed by atoms with Gasteiger partial charge in [-0.25, -0.2) is 4.98 Å². The summed E-state index contributed by atoms with van der Waals surface area (Å²) in [6, 6.07) is 17.4. The topological polar surface area (TPSA) is 42.0 Å². The Kier molecular flexibility index (Phi) is 5.51. The highest BCUT2D eigenvalue weighted by molar-refractivity contribution is 7.14. The van der Waals surface area contributed by atoms with Gasteiger partial charge in [0.2, 0.25) is 5.91 Å². The van der Waals surface area contributed by atoms with Crippen molar-refractivity contribution < 1.29 is 4.79 Å². The number of aromatic nitrogens is 1. The Bertz CT molecular complexity index is 844. The van der Waals surface area contributed by atoms with Crippen LogP contribution >= 0.6 is 22.9 Å². The summed E-state index contributed by atoms with van der Waals surface area (Å²) in [6.07, 6.45) is 0. The van der Waals surface area contributed by atoms with Crippen LogP contribution < -0.4 is 5.32 Å². The first-order valence-electron chi connectivity index (χ1n) is 8.12. The number of anilines is 1. The van der Waals surface area contributed by atoms with Gasteiger partial charge in [0.05, 0.1) is 11.6 Å². The number of halogens is 1. The summed E-state index contributed by atoms with van der Waals surface area (Å²) in [7, 11) is 0. The van der Waals surface area contributed by atoms with E-state index in [9.17, 15) is 4.79 Å². The van der Waals surface area contributed by atoms with Gasteiger partial charge < -0.3 is 5.32 Å². The van der Waals surface area contributed by atoms with E-state index in [0.29, 0.717) is 10.2 Å². The molecule has 0 radical (unpaired) electrons. The van der Waals surface area contributed by atoms with Crippen LogP contribution in [0.25, 0.3) is 11.3 Å². The largest absolute Gasteiger partial charge is 0.301 e. The first kappa shape index (κ1) is 17.6. The molecule has 3 nitrogen and oxygen atoms in total. The van der Waals surface area contributed by atoms with Crippen molar-refractivity contribution in [2.75, 3.05) is 5.32 Å². The number of hydrogen-bond acceptors (Lipinski definition) is 3. The van der Waals surface area contributed by atoms with Gasteiger partial charge >= 0.3 is 0 Å². The van der Waals surface area contributed by atoms with Crippen LogP contribution in [0.2, 0.25) is 5.02 Å². The van der Waals surface area contributed by atoms with Crippen LogP contribution in [0, 0.1) is 5.92 Å². The van der Waals surface area contributed by atoms with Crippen molar-refractivity contribution in [3.05, 3.63) is 70.6 Å². The van der Waals surface area contributed by atoms with Gasteiger partial charge in [-0.1, -0.05) is 67.9 Å². The third kappa shape index (κ3) is 4.27. The van der Waals surface area contributed by atoms with Crippen molar-refractivity contribution in [2.24, 2.45) is 5.92 Å². The van der Waals surface area contributed by atoms with E-state index in [2.05, 4.69) is 10.3 Å². The number of carbonyl (C=O) groups excluding carboxylic acids is 1. The van der Waals surface area contributed by atoms with Gasteiger partial charge in [-0.15, -0.1) is 11.3 Å². The minimum Gasteiger partial charge on any atom is -0.301 e. The molecule has 1 aromatic heterocycles. The van der Waals surface area contributed by atoms with Crippen LogP contribution in [0.3, 0.4) is 0 Å². The lowest BCUT2D eigenvalue weighted by Crippen LogP contribution is -2.25. The van der Waals surface area contributed by atoms with E-state index in [4.69, 9.17) is 11.6 Å². The molecule has 0 aliphatic rings. The van der Waals surface area contributed by atoms with Gasteiger partial charge in [0, 0.05) is 16.0 Å². The van der Waals surface area contributed by atoms with Crippen molar-refractivity contribution >= 4 is 34.0 Å². The van der Waals surface area contributed by atoms with Crippen LogP contribution in [-0.2, 0) is 4.79 Å². The Balaban J connectivity index is 1.78. The van der Waals surface area contributed by atoms with E-state index in [1.165, 1.54) is 11.3 Å². The van der Waals surface area contributed by atoms with E-state index < -0.39 is 0 Å². The normalized spacial score (nSPS) is 12.2. The molecule has 2 aromatic carbocycles. The molecule has 5 heteroatoms. The zero-order chi connectivity index (χ0) is 17.8. The van der Waals surface area contributed by atoms with Crippen molar-refractivity contribution in [2.45, 2.75) is 19.8 Å². The van der Waals surface area contributed by atoms with E-state index in [1.54, 1.807) is 0 Å². The van der Waals surface area contributed by atoms with Crippen LogP contribution in [-0.4, -0.2) is 10.9 Å². The molecule has 1 heterocycles. The predicted octanol–water partition coefficient (Wildman–Crippen LogP) is 5.84. The van der Waals surface area contributed by atoms with E-state index in [0.717, 1.165) is 16.8 Å². The zero-order valence-corrected chi connectivity index (χ0v) is 15.6. The summed E-state index contributed by atoms with van der Waals surface area (Å²) in [5.74, 6) is -0.137. The molecule has 3 aromatic rings. The molecule has 0 aliphatic heterocycles. The molecule has 25 heavy (non-hydrogen) atoms. The van der Waals surface area contributed by atoms with Gasteiger partial charge in [0.25, 0.3) is 0 Å². The molecule has 0 aliphatic carbocycles.